The number of amides is 1. The predicted octanol–water partition coefficient (Wildman–Crippen LogP) is 2.18. The van der Waals surface area contributed by atoms with Crippen molar-refractivity contribution >= 4 is 27.5 Å². The molecule has 1 atom stereocenters. The van der Waals surface area contributed by atoms with E-state index in [4.69, 9.17) is 5.26 Å². The second-order valence-corrected chi connectivity index (χ2v) is 5.96. The number of carbonyl (C=O) groups is 1. The van der Waals surface area contributed by atoms with Crippen LogP contribution in [0, 0.1) is 11.3 Å². The van der Waals surface area contributed by atoms with Gasteiger partial charge in [0.2, 0.25) is 5.91 Å². The summed E-state index contributed by atoms with van der Waals surface area (Å²) in [6, 6.07) is 8.00. The highest BCUT2D eigenvalue weighted by atomic mass is 79.9. The number of nitrogens with one attached hydrogen (secondary N) is 1. The lowest BCUT2D eigenvalue weighted by Gasteiger charge is -2.18. The molecule has 1 heterocycles. The molecule has 1 saturated carbocycles. The number of carbonyl (C=O) groups excluding carboxylic acids is 1. The van der Waals surface area contributed by atoms with E-state index in [2.05, 4.69) is 27.3 Å². The molecule has 4 nitrogen and oxygen atoms in total. The highest BCUT2D eigenvalue weighted by molar-refractivity contribution is 9.10. The second-order valence-electron chi connectivity index (χ2n) is 5.05. The third kappa shape index (κ3) is 2.51. The average molecular weight is 320 g/mol. The van der Waals surface area contributed by atoms with E-state index in [0.717, 1.165) is 10.9 Å². The Morgan fingerprint density at radius 3 is 2.84 bits per heavy atom. The molecule has 1 aliphatic heterocycles. The van der Waals surface area contributed by atoms with Crippen LogP contribution in [0.15, 0.2) is 22.7 Å². The molecule has 3 rings (SSSR count). The Bertz CT molecular complexity index is 562. The van der Waals surface area contributed by atoms with Gasteiger partial charge in [-0.25, -0.2) is 0 Å². The molecule has 1 amide bonds. The summed E-state index contributed by atoms with van der Waals surface area (Å²) < 4.78 is 0.882. The van der Waals surface area contributed by atoms with Gasteiger partial charge in [0.25, 0.3) is 0 Å². The van der Waals surface area contributed by atoms with Gasteiger partial charge in [-0.05, 0) is 37.5 Å². The maximum Gasteiger partial charge on any atom is 0.244 e. The van der Waals surface area contributed by atoms with E-state index in [-0.39, 0.29) is 11.9 Å². The molecule has 1 aromatic carbocycles. The summed E-state index contributed by atoms with van der Waals surface area (Å²) in [5.41, 5.74) is 1.26. The topological polar surface area (TPSA) is 56.1 Å². The molecule has 1 aliphatic carbocycles. The van der Waals surface area contributed by atoms with Gasteiger partial charge in [-0.3, -0.25) is 4.79 Å². The van der Waals surface area contributed by atoms with Crippen LogP contribution in [0.4, 0.5) is 5.69 Å². The van der Waals surface area contributed by atoms with E-state index in [1.54, 1.807) is 11.0 Å². The monoisotopic (exact) mass is 319 g/mol. The van der Waals surface area contributed by atoms with Gasteiger partial charge in [-0.2, -0.15) is 5.26 Å². The lowest BCUT2D eigenvalue weighted by atomic mass is 10.2. The zero-order valence-corrected chi connectivity index (χ0v) is 12.0. The van der Waals surface area contributed by atoms with E-state index in [1.807, 2.05) is 12.1 Å². The van der Waals surface area contributed by atoms with Crippen molar-refractivity contribution in [2.24, 2.45) is 0 Å². The van der Waals surface area contributed by atoms with Crippen LogP contribution in [0.3, 0.4) is 0 Å². The first-order valence-electron chi connectivity index (χ1n) is 6.46. The molecule has 0 radical (unpaired) electrons. The standard InChI is InChI=1S/C14H14BrN3O/c15-10-2-1-9(8-16)13(7-10)18-6-5-12(14(18)19)17-11-3-4-11/h1-2,7,11-12,17H,3-6H2. The Hall–Kier alpha value is -1.38. The molecule has 0 aromatic heterocycles. The molecule has 1 aromatic rings. The van der Waals surface area contributed by atoms with Crippen molar-refractivity contribution in [3.63, 3.8) is 0 Å². The molecule has 0 bridgehead atoms. The summed E-state index contributed by atoms with van der Waals surface area (Å²) >= 11 is 3.39. The minimum absolute atomic E-state index is 0.0847. The van der Waals surface area contributed by atoms with Crippen molar-refractivity contribution in [1.82, 2.24) is 5.32 Å². The van der Waals surface area contributed by atoms with Gasteiger partial charge in [0, 0.05) is 17.1 Å². The van der Waals surface area contributed by atoms with Crippen LogP contribution in [0.1, 0.15) is 24.8 Å². The fourth-order valence-corrected chi connectivity index (χ4v) is 2.78. The maximum atomic E-state index is 12.4. The largest absolute Gasteiger partial charge is 0.310 e. The predicted molar refractivity (Wildman–Crippen MR) is 75.8 cm³/mol. The summed E-state index contributed by atoms with van der Waals surface area (Å²) in [5, 5.41) is 12.5. The highest BCUT2D eigenvalue weighted by Crippen LogP contribution is 2.29. The van der Waals surface area contributed by atoms with Crippen LogP contribution >= 0.6 is 15.9 Å². The molecular weight excluding hydrogens is 306 g/mol. The molecule has 1 saturated heterocycles. The Balaban J connectivity index is 1.84. The van der Waals surface area contributed by atoms with Crippen LogP contribution in [0.2, 0.25) is 0 Å². The van der Waals surface area contributed by atoms with Crippen molar-refractivity contribution in [3.8, 4) is 6.07 Å². The van der Waals surface area contributed by atoms with Crippen molar-refractivity contribution in [2.75, 3.05) is 11.4 Å². The van der Waals surface area contributed by atoms with Crippen LogP contribution in [-0.4, -0.2) is 24.5 Å². The summed E-state index contributed by atoms with van der Waals surface area (Å²) in [5.74, 6) is 0.0847. The number of hydrogen-bond acceptors (Lipinski definition) is 3. The number of halogens is 1. The minimum Gasteiger partial charge on any atom is -0.310 e. The summed E-state index contributed by atoms with van der Waals surface area (Å²) in [6.45, 7) is 0.675. The molecular formula is C14H14BrN3O. The van der Waals surface area contributed by atoms with Gasteiger partial charge in [0.1, 0.15) is 6.07 Å². The SMILES string of the molecule is N#Cc1ccc(Br)cc1N1CCC(NC2CC2)C1=O. The first-order chi connectivity index (χ1) is 9.19. The fraction of sp³-hybridized carbons (Fsp3) is 0.429. The summed E-state index contributed by atoms with van der Waals surface area (Å²) in [6.07, 6.45) is 3.15. The van der Waals surface area contributed by atoms with Gasteiger partial charge >= 0.3 is 0 Å². The van der Waals surface area contributed by atoms with E-state index in [0.29, 0.717) is 23.8 Å². The van der Waals surface area contributed by atoms with E-state index < -0.39 is 0 Å². The molecule has 98 valence electrons. The number of hydrogen-bond donors (Lipinski definition) is 1. The molecule has 19 heavy (non-hydrogen) atoms. The number of anilines is 1. The molecule has 1 unspecified atom stereocenters. The minimum atomic E-state index is -0.0852. The van der Waals surface area contributed by atoms with Gasteiger partial charge in [-0.15, -0.1) is 0 Å². The Kier molecular flexibility index (Phi) is 3.29. The van der Waals surface area contributed by atoms with Gasteiger partial charge in [0.05, 0.1) is 17.3 Å². The molecule has 5 heteroatoms. The van der Waals surface area contributed by atoms with Gasteiger partial charge < -0.3 is 10.2 Å². The third-order valence-electron chi connectivity index (χ3n) is 3.59. The first-order valence-corrected chi connectivity index (χ1v) is 7.25. The lowest BCUT2D eigenvalue weighted by molar-refractivity contribution is -0.118. The molecule has 2 aliphatic rings. The van der Waals surface area contributed by atoms with Crippen molar-refractivity contribution in [2.45, 2.75) is 31.3 Å². The summed E-state index contributed by atoms with van der Waals surface area (Å²) in [7, 11) is 0. The van der Waals surface area contributed by atoms with Gasteiger partial charge in [-0.1, -0.05) is 15.9 Å². The Labute approximate surface area is 120 Å². The molecule has 2 fully saturated rings. The summed E-state index contributed by atoms with van der Waals surface area (Å²) in [4.78, 5) is 14.1. The maximum absolute atomic E-state index is 12.4. The highest BCUT2D eigenvalue weighted by Gasteiger charge is 2.36. The molecule has 1 N–H and O–H groups in total. The van der Waals surface area contributed by atoms with Crippen molar-refractivity contribution in [3.05, 3.63) is 28.2 Å². The van der Waals surface area contributed by atoms with Crippen LogP contribution in [0.25, 0.3) is 0 Å². The normalized spacial score (nSPS) is 22.6. The van der Waals surface area contributed by atoms with Crippen LogP contribution in [0.5, 0.6) is 0 Å². The van der Waals surface area contributed by atoms with E-state index in [1.165, 1.54) is 12.8 Å². The number of nitrogens with zero attached hydrogens (tertiary/aromatic N) is 2. The van der Waals surface area contributed by atoms with Crippen molar-refractivity contribution < 1.29 is 4.79 Å². The van der Waals surface area contributed by atoms with Crippen LogP contribution in [-0.2, 0) is 4.79 Å². The third-order valence-corrected chi connectivity index (χ3v) is 4.08. The number of rotatable bonds is 3. The first kappa shape index (κ1) is 12.6. The fourth-order valence-electron chi connectivity index (χ4n) is 2.43. The zero-order valence-electron chi connectivity index (χ0n) is 10.4. The Morgan fingerprint density at radius 1 is 1.37 bits per heavy atom. The Morgan fingerprint density at radius 2 is 2.16 bits per heavy atom. The molecule has 0 spiro atoms. The smallest absolute Gasteiger partial charge is 0.244 e. The number of nitriles is 1. The second kappa shape index (κ2) is 4.95. The lowest BCUT2D eigenvalue weighted by Crippen LogP contribution is -2.39. The number of benzene rings is 1. The zero-order chi connectivity index (χ0) is 13.4. The van der Waals surface area contributed by atoms with Gasteiger partial charge in [0.15, 0.2) is 0 Å². The van der Waals surface area contributed by atoms with Crippen LogP contribution < -0.4 is 10.2 Å². The van der Waals surface area contributed by atoms with Crippen molar-refractivity contribution in [1.29, 1.82) is 5.26 Å². The quantitative estimate of drug-likeness (QED) is 0.929. The average Bonchev–Trinajstić information content (AvgIpc) is 3.14. The van der Waals surface area contributed by atoms with E-state index in [9.17, 15) is 4.79 Å². The van der Waals surface area contributed by atoms with E-state index >= 15 is 0 Å².